The second-order valence-corrected chi connectivity index (χ2v) is 9.36. The number of pyridine rings is 1. The zero-order valence-electron chi connectivity index (χ0n) is 21.2. The summed E-state index contributed by atoms with van der Waals surface area (Å²) in [6.07, 6.45) is 3.82. The molecule has 3 amide bonds. The Morgan fingerprint density at radius 1 is 0.921 bits per heavy atom. The second kappa shape index (κ2) is 13.3. The number of aromatic nitrogens is 1. The first-order valence-corrected chi connectivity index (χ1v) is 12.9. The third-order valence-electron chi connectivity index (χ3n) is 6.59. The highest BCUT2D eigenvalue weighted by Crippen LogP contribution is 2.22. The maximum Gasteiger partial charge on any atom is 0.289 e. The number of nitrogens with one attached hydrogen (secondary N) is 2. The average Bonchev–Trinajstić information content (AvgIpc) is 3.31. The smallest absolute Gasteiger partial charge is 0.289 e. The number of aryl methyl sites for hydroxylation is 1. The summed E-state index contributed by atoms with van der Waals surface area (Å²) >= 11 is 0. The van der Waals surface area contributed by atoms with Gasteiger partial charge in [-0.2, -0.15) is 0 Å². The lowest BCUT2D eigenvalue weighted by atomic mass is 10.0. The molecule has 1 unspecified atom stereocenters. The molecule has 196 valence electrons. The first-order chi connectivity index (χ1) is 18.5. The van der Waals surface area contributed by atoms with Crippen molar-refractivity contribution in [2.24, 2.45) is 0 Å². The van der Waals surface area contributed by atoms with Gasteiger partial charge in [-0.05, 0) is 42.5 Å². The average molecular weight is 513 g/mol. The van der Waals surface area contributed by atoms with Gasteiger partial charge >= 0.3 is 0 Å². The van der Waals surface area contributed by atoms with Crippen molar-refractivity contribution in [2.45, 2.75) is 50.7 Å². The van der Waals surface area contributed by atoms with Gasteiger partial charge in [0.2, 0.25) is 17.6 Å². The number of hydrogen-bond donors (Lipinski definition) is 2. The van der Waals surface area contributed by atoms with Gasteiger partial charge in [0.25, 0.3) is 5.91 Å². The number of rotatable bonds is 12. The van der Waals surface area contributed by atoms with Crippen LogP contribution in [0, 0.1) is 0 Å². The van der Waals surface area contributed by atoms with Crippen LogP contribution in [0.3, 0.4) is 0 Å². The number of carbonyl (C=O) groups excluding carboxylic acids is 4. The van der Waals surface area contributed by atoms with Gasteiger partial charge in [0.1, 0.15) is 12.1 Å². The lowest BCUT2D eigenvalue weighted by Gasteiger charge is -2.26. The largest absolute Gasteiger partial charge is 0.349 e. The fraction of sp³-hybridized carbons (Fsp3) is 0.300. The molecule has 2 heterocycles. The number of benzene rings is 2. The lowest BCUT2D eigenvalue weighted by molar-refractivity contribution is -0.141. The molecule has 0 bridgehead atoms. The van der Waals surface area contributed by atoms with Crippen molar-refractivity contribution in [2.75, 3.05) is 6.54 Å². The molecule has 4 rings (SSSR count). The van der Waals surface area contributed by atoms with Crippen molar-refractivity contribution >= 4 is 23.5 Å². The van der Waals surface area contributed by atoms with Crippen LogP contribution >= 0.6 is 0 Å². The molecule has 0 aliphatic carbocycles. The van der Waals surface area contributed by atoms with E-state index in [1.807, 2.05) is 78.9 Å². The van der Waals surface area contributed by atoms with Crippen LogP contribution in [-0.4, -0.2) is 52.0 Å². The number of carbonyl (C=O) groups is 4. The van der Waals surface area contributed by atoms with Crippen molar-refractivity contribution in [1.29, 1.82) is 0 Å². The topological polar surface area (TPSA) is 108 Å². The Balaban J connectivity index is 1.40. The first kappa shape index (κ1) is 26.7. The van der Waals surface area contributed by atoms with Crippen molar-refractivity contribution in [1.82, 2.24) is 20.5 Å². The van der Waals surface area contributed by atoms with E-state index in [0.29, 0.717) is 32.4 Å². The molecule has 0 spiro atoms. The van der Waals surface area contributed by atoms with Gasteiger partial charge < -0.3 is 15.5 Å². The van der Waals surface area contributed by atoms with Gasteiger partial charge in [-0.15, -0.1) is 0 Å². The van der Waals surface area contributed by atoms with E-state index >= 15 is 0 Å². The summed E-state index contributed by atoms with van der Waals surface area (Å²) < 4.78 is 0. The Morgan fingerprint density at radius 2 is 1.61 bits per heavy atom. The molecule has 1 saturated heterocycles. The van der Waals surface area contributed by atoms with Crippen LogP contribution < -0.4 is 10.6 Å². The predicted octanol–water partition coefficient (Wildman–Crippen LogP) is 2.62. The van der Waals surface area contributed by atoms with E-state index in [1.165, 1.54) is 0 Å². The summed E-state index contributed by atoms with van der Waals surface area (Å²) in [6, 6.07) is 22.6. The lowest BCUT2D eigenvalue weighted by Crippen LogP contribution is -2.53. The number of nitrogens with zero attached hydrogens (tertiary/aromatic N) is 2. The minimum Gasteiger partial charge on any atom is -0.349 e. The molecule has 2 aromatic carbocycles. The maximum absolute atomic E-state index is 13.3. The number of hydrogen-bond acceptors (Lipinski definition) is 5. The maximum atomic E-state index is 13.3. The van der Waals surface area contributed by atoms with Crippen LogP contribution in [0.2, 0.25) is 0 Å². The Hall–Kier alpha value is -4.33. The summed E-state index contributed by atoms with van der Waals surface area (Å²) in [4.78, 5) is 57.7. The second-order valence-electron chi connectivity index (χ2n) is 9.36. The van der Waals surface area contributed by atoms with Gasteiger partial charge in [-0.3, -0.25) is 24.2 Å². The Morgan fingerprint density at radius 3 is 2.29 bits per heavy atom. The van der Waals surface area contributed by atoms with E-state index in [0.717, 1.165) is 16.8 Å². The molecule has 3 aromatic rings. The Labute approximate surface area is 222 Å². The Bertz CT molecular complexity index is 1230. The highest BCUT2D eigenvalue weighted by Gasteiger charge is 2.38. The van der Waals surface area contributed by atoms with Crippen LogP contribution in [0.1, 0.15) is 36.1 Å². The summed E-state index contributed by atoms with van der Waals surface area (Å²) in [5, 5.41) is 5.47. The monoisotopic (exact) mass is 512 g/mol. The van der Waals surface area contributed by atoms with Gasteiger partial charge in [0.15, 0.2) is 0 Å². The highest BCUT2D eigenvalue weighted by atomic mass is 16.2. The molecule has 1 aliphatic rings. The third kappa shape index (κ3) is 7.35. The molecule has 1 aromatic heterocycles. The molecule has 2 atom stereocenters. The SMILES string of the molecule is O=C(NCCCc1ccccn1)C(=O)C(Cc1ccccc1)NC(=O)[C@@H]1CCC(=O)N1Cc1ccccc1. The van der Waals surface area contributed by atoms with Crippen LogP contribution in [0.15, 0.2) is 85.1 Å². The predicted molar refractivity (Wildman–Crippen MR) is 143 cm³/mol. The third-order valence-corrected chi connectivity index (χ3v) is 6.59. The van der Waals surface area contributed by atoms with E-state index in [1.54, 1.807) is 11.1 Å². The zero-order valence-corrected chi connectivity index (χ0v) is 21.2. The van der Waals surface area contributed by atoms with Crippen molar-refractivity contribution in [3.8, 4) is 0 Å². The molecule has 8 heteroatoms. The van der Waals surface area contributed by atoms with E-state index in [-0.39, 0.29) is 18.7 Å². The van der Waals surface area contributed by atoms with E-state index in [9.17, 15) is 19.2 Å². The molecule has 38 heavy (non-hydrogen) atoms. The zero-order chi connectivity index (χ0) is 26.7. The minimum atomic E-state index is -1.05. The fourth-order valence-electron chi connectivity index (χ4n) is 4.57. The molecule has 0 radical (unpaired) electrons. The molecular formula is C30H32N4O4. The van der Waals surface area contributed by atoms with Gasteiger partial charge in [-0.25, -0.2) is 0 Å². The van der Waals surface area contributed by atoms with Crippen molar-refractivity contribution in [3.63, 3.8) is 0 Å². The van der Waals surface area contributed by atoms with Crippen molar-refractivity contribution < 1.29 is 19.2 Å². The van der Waals surface area contributed by atoms with Crippen LogP contribution in [0.5, 0.6) is 0 Å². The van der Waals surface area contributed by atoms with Gasteiger partial charge in [0, 0.05) is 37.8 Å². The van der Waals surface area contributed by atoms with Gasteiger partial charge in [0.05, 0.1) is 0 Å². The number of Topliss-reactive ketones (excluding diaryl/α,β-unsaturated/α-hetero) is 1. The van der Waals surface area contributed by atoms with E-state index < -0.39 is 29.7 Å². The molecule has 0 saturated carbocycles. The summed E-state index contributed by atoms with van der Waals surface area (Å²) in [7, 11) is 0. The molecular weight excluding hydrogens is 480 g/mol. The van der Waals surface area contributed by atoms with E-state index in [2.05, 4.69) is 15.6 Å². The molecule has 1 aliphatic heterocycles. The standard InChI is InChI=1S/C30H32N4O4/c35-27-17-16-26(34(27)21-23-12-5-2-6-13-23)29(37)33-25(20-22-10-3-1-4-11-22)28(36)30(38)32-19-9-15-24-14-7-8-18-31-24/h1-8,10-14,18,25-26H,9,15-17,19-21H2,(H,32,38)(H,33,37)/t25?,26-/m0/s1. The summed E-state index contributed by atoms with van der Waals surface area (Å²) in [6.45, 7) is 0.626. The normalized spacial score (nSPS) is 15.6. The summed E-state index contributed by atoms with van der Waals surface area (Å²) in [5.41, 5.74) is 2.65. The van der Waals surface area contributed by atoms with Crippen molar-refractivity contribution in [3.05, 3.63) is 102 Å². The minimum absolute atomic E-state index is 0.106. The van der Waals surface area contributed by atoms with Crippen LogP contribution in [0.4, 0.5) is 0 Å². The van der Waals surface area contributed by atoms with Gasteiger partial charge in [-0.1, -0.05) is 66.7 Å². The number of ketones is 1. The quantitative estimate of drug-likeness (QED) is 0.287. The first-order valence-electron chi connectivity index (χ1n) is 12.9. The number of likely N-dealkylation sites (tertiary alicyclic amines) is 1. The fourth-order valence-corrected chi connectivity index (χ4v) is 4.57. The molecule has 2 N–H and O–H groups in total. The molecule has 1 fully saturated rings. The molecule has 8 nitrogen and oxygen atoms in total. The Kier molecular flexibility index (Phi) is 9.34. The number of amides is 3. The van der Waals surface area contributed by atoms with Crippen LogP contribution in [-0.2, 0) is 38.6 Å². The summed E-state index contributed by atoms with van der Waals surface area (Å²) in [5.74, 6) is -1.98. The highest BCUT2D eigenvalue weighted by molar-refractivity contribution is 6.38. The van der Waals surface area contributed by atoms with E-state index in [4.69, 9.17) is 0 Å². The van der Waals surface area contributed by atoms with Crippen LogP contribution in [0.25, 0.3) is 0 Å².